The quantitative estimate of drug-likeness (QED) is 0.719. The van der Waals surface area contributed by atoms with Crippen molar-refractivity contribution in [3.63, 3.8) is 0 Å². The van der Waals surface area contributed by atoms with Crippen molar-refractivity contribution in [3.05, 3.63) is 65.7 Å². The van der Waals surface area contributed by atoms with Crippen LogP contribution in [0.15, 0.2) is 54.6 Å². The SMILES string of the molecule is Nc1ccccc1.O=C(O)c1ccccc1C(=O)O. The molecule has 0 aliphatic rings. The summed E-state index contributed by atoms with van der Waals surface area (Å²) in [6, 6.07) is 15.0. The van der Waals surface area contributed by atoms with Crippen LogP contribution in [0.25, 0.3) is 0 Å². The van der Waals surface area contributed by atoms with E-state index in [0.717, 1.165) is 5.69 Å². The molecule has 0 fully saturated rings. The van der Waals surface area contributed by atoms with Crippen molar-refractivity contribution >= 4 is 17.6 Å². The minimum Gasteiger partial charge on any atom is -0.478 e. The van der Waals surface area contributed by atoms with Gasteiger partial charge in [0.2, 0.25) is 0 Å². The standard InChI is InChI=1S/C8H6O4.C6H7N/c9-7(10)5-3-1-2-4-6(5)8(11)12;7-6-4-2-1-3-5-6/h1-4H,(H,9,10)(H,11,12);1-5H,7H2. The Morgan fingerprint density at radius 3 is 1.37 bits per heavy atom. The first-order valence-corrected chi connectivity index (χ1v) is 5.38. The van der Waals surface area contributed by atoms with E-state index < -0.39 is 11.9 Å². The highest BCUT2D eigenvalue weighted by Gasteiger charge is 2.13. The lowest BCUT2D eigenvalue weighted by atomic mass is 10.1. The van der Waals surface area contributed by atoms with Crippen LogP contribution in [0.2, 0.25) is 0 Å². The molecule has 0 aromatic heterocycles. The van der Waals surface area contributed by atoms with Crippen molar-refractivity contribution in [2.45, 2.75) is 0 Å². The number of hydrogen-bond donors (Lipinski definition) is 3. The molecule has 0 aliphatic heterocycles. The van der Waals surface area contributed by atoms with Gasteiger partial charge in [0.1, 0.15) is 0 Å². The van der Waals surface area contributed by atoms with Crippen LogP contribution in [0.5, 0.6) is 0 Å². The molecule has 5 nitrogen and oxygen atoms in total. The summed E-state index contributed by atoms with van der Waals surface area (Å²) in [5, 5.41) is 17.1. The van der Waals surface area contributed by atoms with Crippen molar-refractivity contribution < 1.29 is 19.8 Å². The zero-order chi connectivity index (χ0) is 14.3. The molecule has 0 radical (unpaired) electrons. The van der Waals surface area contributed by atoms with Crippen LogP contribution < -0.4 is 5.73 Å². The van der Waals surface area contributed by atoms with Crippen LogP contribution >= 0.6 is 0 Å². The number of para-hydroxylation sites is 1. The van der Waals surface area contributed by atoms with Gasteiger partial charge in [-0.25, -0.2) is 9.59 Å². The topological polar surface area (TPSA) is 101 Å². The molecule has 4 N–H and O–H groups in total. The van der Waals surface area contributed by atoms with Gasteiger partial charge in [-0.3, -0.25) is 0 Å². The van der Waals surface area contributed by atoms with Crippen LogP contribution in [0.3, 0.4) is 0 Å². The first-order chi connectivity index (χ1) is 9.02. The first-order valence-electron chi connectivity index (χ1n) is 5.38. The number of carbonyl (C=O) groups is 2. The third-order valence-electron chi connectivity index (χ3n) is 2.19. The Morgan fingerprint density at radius 1 is 0.737 bits per heavy atom. The van der Waals surface area contributed by atoms with Crippen LogP contribution in [-0.2, 0) is 0 Å². The number of carboxylic acid groups (broad SMARTS) is 2. The van der Waals surface area contributed by atoms with E-state index in [9.17, 15) is 9.59 Å². The highest BCUT2D eigenvalue weighted by molar-refractivity contribution is 6.01. The molecule has 0 unspecified atom stereocenters. The Balaban J connectivity index is 0.000000218. The predicted octanol–water partition coefficient (Wildman–Crippen LogP) is 2.35. The fraction of sp³-hybridized carbons (Fsp3) is 0. The average molecular weight is 259 g/mol. The van der Waals surface area contributed by atoms with Crippen LogP contribution in [0.4, 0.5) is 5.69 Å². The van der Waals surface area contributed by atoms with Crippen LogP contribution in [0, 0.1) is 0 Å². The fourth-order valence-corrected chi connectivity index (χ4v) is 1.31. The molecule has 2 rings (SSSR count). The molecule has 5 heteroatoms. The van der Waals surface area contributed by atoms with Gasteiger partial charge in [0.15, 0.2) is 0 Å². The lowest BCUT2D eigenvalue weighted by Crippen LogP contribution is -2.06. The number of anilines is 1. The van der Waals surface area contributed by atoms with E-state index in [2.05, 4.69) is 0 Å². The molecule has 0 bridgehead atoms. The van der Waals surface area contributed by atoms with Gasteiger partial charge >= 0.3 is 11.9 Å². The maximum absolute atomic E-state index is 10.5. The third-order valence-corrected chi connectivity index (χ3v) is 2.19. The maximum Gasteiger partial charge on any atom is 0.336 e. The zero-order valence-electron chi connectivity index (χ0n) is 9.98. The summed E-state index contributed by atoms with van der Waals surface area (Å²) in [5.74, 6) is -2.46. The number of hydrogen-bond acceptors (Lipinski definition) is 3. The second-order valence-electron chi connectivity index (χ2n) is 3.57. The Hall–Kier alpha value is -2.82. The number of nitrogen functional groups attached to an aromatic ring is 1. The number of benzene rings is 2. The highest BCUT2D eigenvalue weighted by Crippen LogP contribution is 2.07. The Kier molecular flexibility index (Phi) is 5.10. The monoisotopic (exact) mass is 259 g/mol. The molecule has 98 valence electrons. The van der Waals surface area contributed by atoms with E-state index >= 15 is 0 Å². The molecular formula is C14H13NO4. The predicted molar refractivity (Wildman–Crippen MR) is 71.2 cm³/mol. The zero-order valence-corrected chi connectivity index (χ0v) is 9.98. The number of nitrogens with two attached hydrogens (primary N) is 1. The summed E-state index contributed by atoms with van der Waals surface area (Å²) in [6.45, 7) is 0. The van der Waals surface area contributed by atoms with E-state index in [-0.39, 0.29) is 11.1 Å². The molecule has 19 heavy (non-hydrogen) atoms. The van der Waals surface area contributed by atoms with Gasteiger partial charge in [0.05, 0.1) is 11.1 Å². The normalized spacial score (nSPS) is 9.05. The minimum absolute atomic E-state index is 0.190. The molecule has 0 aliphatic carbocycles. The number of aromatic carboxylic acids is 2. The van der Waals surface area contributed by atoms with Crippen molar-refractivity contribution in [2.75, 3.05) is 5.73 Å². The van der Waals surface area contributed by atoms with Crippen molar-refractivity contribution in [3.8, 4) is 0 Å². The second-order valence-corrected chi connectivity index (χ2v) is 3.57. The molecule has 0 amide bonds. The van der Waals surface area contributed by atoms with Gasteiger partial charge < -0.3 is 15.9 Å². The van der Waals surface area contributed by atoms with E-state index in [0.29, 0.717) is 0 Å². The third kappa shape index (κ3) is 4.51. The van der Waals surface area contributed by atoms with Gasteiger partial charge in [0, 0.05) is 5.69 Å². The summed E-state index contributed by atoms with van der Waals surface area (Å²) in [5.41, 5.74) is 5.80. The first kappa shape index (κ1) is 14.2. The van der Waals surface area contributed by atoms with E-state index in [1.807, 2.05) is 30.3 Å². The summed E-state index contributed by atoms with van der Waals surface area (Å²) < 4.78 is 0. The highest BCUT2D eigenvalue weighted by atomic mass is 16.4. The van der Waals surface area contributed by atoms with E-state index in [4.69, 9.17) is 15.9 Å². The number of rotatable bonds is 2. The molecule has 0 atom stereocenters. The van der Waals surface area contributed by atoms with Crippen molar-refractivity contribution in [1.29, 1.82) is 0 Å². The van der Waals surface area contributed by atoms with Crippen LogP contribution in [0.1, 0.15) is 20.7 Å². The fourth-order valence-electron chi connectivity index (χ4n) is 1.31. The summed E-state index contributed by atoms with van der Waals surface area (Å²) in [4.78, 5) is 20.9. The maximum atomic E-state index is 10.5. The van der Waals surface area contributed by atoms with Crippen molar-refractivity contribution in [1.82, 2.24) is 0 Å². The largest absolute Gasteiger partial charge is 0.478 e. The van der Waals surface area contributed by atoms with Crippen LogP contribution in [-0.4, -0.2) is 22.2 Å². The second kappa shape index (κ2) is 6.80. The van der Waals surface area contributed by atoms with Gasteiger partial charge in [-0.15, -0.1) is 0 Å². The molecule has 0 heterocycles. The molecule has 2 aromatic rings. The van der Waals surface area contributed by atoms with Gasteiger partial charge in [-0.05, 0) is 24.3 Å². The molecule has 0 saturated heterocycles. The minimum atomic E-state index is -1.23. The average Bonchev–Trinajstić information content (AvgIpc) is 2.40. The Bertz CT molecular complexity index is 534. The Morgan fingerprint density at radius 2 is 1.11 bits per heavy atom. The smallest absolute Gasteiger partial charge is 0.336 e. The summed E-state index contributed by atoms with van der Waals surface area (Å²) in [7, 11) is 0. The summed E-state index contributed by atoms with van der Waals surface area (Å²) in [6.07, 6.45) is 0. The molecule has 2 aromatic carbocycles. The molecule has 0 saturated carbocycles. The summed E-state index contributed by atoms with van der Waals surface area (Å²) >= 11 is 0. The van der Waals surface area contributed by atoms with Gasteiger partial charge in [0.25, 0.3) is 0 Å². The molecule has 0 spiro atoms. The lowest BCUT2D eigenvalue weighted by molar-refractivity contribution is 0.0651. The lowest BCUT2D eigenvalue weighted by Gasteiger charge is -1.98. The van der Waals surface area contributed by atoms with Gasteiger partial charge in [-0.2, -0.15) is 0 Å². The van der Waals surface area contributed by atoms with Crippen molar-refractivity contribution in [2.24, 2.45) is 0 Å². The van der Waals surface area contributed by atoms with E-state index in [1.165, 1.54) is 24.3 Å². The van der Waals surface area contributed by atoms with Gasteiger partial charge in [-0.1, -0.05) is 30.3 Å². The van der Waals surface area contributed by atoms with E-state index in [1.54, 1.807) is 0 Å². The number of carboxylic acids is 2. The Labute approximate surface area is 109 Å². The molecular weight excluding hydrogens is 246 g/mol.